The molecule has 2 N–H and O–H groups in total. The first-order chi connectivity index (χ1) is 8.06. The van der Waals surface area contributed by atoms with Crippen LogP contribution in [0.25, 0.3) is 0 Å². The van der Waals surface area contributed by atoms with E-state index >= 15 is 0 Å². The molecule has 1 atom stereocenters. The second-order valence-electron chi connectivity index (χ2n) is 4.24. The Labute approximate surface area is 107 Å². The van der Waals surface area contributed by atoms with Gasteiger partial charge in [0.15, 0.2) is 0 Å². The van der Waals surface area contributed by atoms with E-state index in [-0.39, 0.29) is 0 Å². The summed E-state index contributed by atoms with van der Waals surface area (Å²) in [7, 11) is 0. The number of para-hydroxylation sites is 1. The summed E-state index contributed by atoms with van der Waals surface area (Å²) in [6.07, 6.45) is 2.08. The monoisotopic (exact) mass is 253 g/mol. The molecular weight excluding hydrogens is 234 g/mol. The van der Waals surface area contributed by atoms with E-state index < -0.39 is 5.97 Å². The zero-order valence-corrected chi connectivity index (χ0v) is 11.3. The van der Waals surface area contributed by atoms with E-state index in [0.29, 0.717) is 11.5 Å². The lowest BCUT2D eigenvalue weighted by molar-refractivity contribution is 0.0698. The second kappa shape index (κ2) is 6.55. The van der Waals surface area contributed by atoms with Gasteiger partial charge in [0.2, 0.25) is 0 Å². The number of nitrogens with one attached hydrogen (secondary N) is 1. The van der Waals surface area contributed by atoms with Crippen molar-refractivity contribution in [3.05, 3.63) is 29.3 Å². The highest BCUT2D eigenvalue weighted by Crippen LogP contribution is 2.21. The SMILES string of the molecule is CSCC(C)CNc1c(C)cccc1C(=O)O. The Kier molecular flexibility index (Phi) is 5.35. The predicted molar refractivity (Wildman–Crippen MR) is 74.2 cm³/mol. The fraction of sp³-hybridized carbons (Fsp3) is 0.462. The summed E-state index contributed by atoms with van der Waals surface area (Å²) in [6, 6.07) is 5.33. The van der Waals surface area contributed by atoms with E-state index in [1.54, 1.807) is 23.9 Å². The average Bonchev–Trinajstić information content (AvgIpc) is 2.27. The van der Waals surface area contributed by atoms with Crippen LogP contribution in [-0.4, -0.2) is 29.6 Å². The minimum Gasteiger partial charge on any atom is -0.478 e. The van der Waals surface area contributed by atoms with E-state index in [4.69, 9.17) is 5.11 Å². The minimum atomic E-state index is -0.881. The molecular formula is C13H19NO2S. The molecule has 0 aromatic heterocycles. The molecule has 0 spiro atoms. The van der Waals surface area contributed by atoms with E-state index in [1.807, 2.05) is 13.0 Å². The standard InChI is InChI=1S/C13H19NO2S/c1-9(8-17-3)7-14-12-10(2)5-4-6-11(12)13(15)16/h4-6,9,14H,7-8H2,1-3H3,(H,15,16). The number of thioether (sulfide) groups is 1. The van der Waals surface area contributed by atoms with Crippen LogP contribution >= 0.6 is 11.8 Å². The van der Waals surface area contributed by atoms with Crippen molar-refractivity contribution in [2.24, 2.45) is 5.92 Å². The van der Waals surface area contributed by atoms with Gasteiger partial charge in [-0.1, -0.05) is 19.1 Å². The zero-order chi connectivity index (χ0) is 12.8. The fourth-order valence-corrected chi connectivity index (χ4v) is 2.39. The van der Waals surface area contributed by atoms with Crippen molar-refractivity contribution in [3.8, 4) is 0 Å². The van der Waals surface area contributed by atoms with Crippen molar-refractivity contribution in [3.63, 3.8) is 0 Å². The fourth-order valence-electron chi connectivity index (χ4n) is 1.70. The van der Waals surface area contributed by atoms with Gasteiger partial charge in [0, 0.05) is 6.54 Å². The lowest BCUT2D eigenvalue weighted by atomic mass is 10.1. The molecule has 3 nitrogen and oxygen atoms in total. The van der Waals surface area contributed by atoms with Crippen LogP contribution in [-0.2, 0) is 0 Å². The molecule has 1 unspecified atom stereocenters. The lowest BCUT2D eigenvalue weighted by Gasteiger charge is -2.16. The first-order valence-corrected chi connectivity index (χ1v) is 7.01. The van der Waals surface area contributed by atoms with Crippen LogP contribution in [0.15, 0.2) is 18.2 Å². The summed E-state index contributed by atoms with van der Waals surface area (Å²) < 4.78 is 0. The Morgan fingerprint density at radius 1 is 1.53 bits per heavy atom. The molecule has 0 bridgehead atoms. The van der Waals surface area contributed by atoms with E-state index in [1.165, 1.54) is 0 Å². The summed E-state index contributed by atoms with van der Waals surface area (Å²) in [4.78, 5) is 11.1. The third-order valence-electron chi connectivity index (χ3n) is 2.58. The lowest BCUT2D eigenvalue weighted by Crippen LogP contribution is -2.16. The van der Waals surface area contributed by atoms with Crippen LogP contribution in [0.5, 0.6) is 0 Å². The van der Waals surface area contributed by atoms with Gasteiger partial charge in [0.1, 0.15) is 0 Å². The van der Waals surface area contributed by atoms with E-state index in [2.05, 4.69) is 18.5 Å². The Morgan fingerprint density at radius 2 is 2.24 bits per heavy atom. The molecule has 0 fully saturated rings. The van der Waals surface area contributed by atoms with Gasteiger partial charge in [-0.15, -0.1) is 0 Å². The summed E-state index contributed by atoms with van der Waals surface area (Å²) >= 11 is 1.80. The van der Waals surface area contributed by atoms with Crippen molar-refractivity contribution in [1.29, 1.82) is 0 Å². The van der Waals surface area contributed by atoms with Crippen molar-refractivity contribution >= 4 is 23.4 Å². The molecule has 0 aliphatic carbocycles. The van der Waals surface area contributed by atoms with Crippen LogP contribution in [0, 0.1) is 12.8 Å². The number of carbonyl (C=O) groups is 1. The van der Waals surface area contributed by atoms with Gasteiger partial charge in [-0.3, -0.25) is 0 Å². The van der Waals surface area contributed by atoms with Gasteiger partial charge in [-0.05, 0) is 36.5 Å². The second-order valence-corrected chi connectivity index (χ2v) is 5.15. The first kappa shape index (κ1) is 13.9. The van der Waals surface area contributed by atoms with Crippen LogP contribution in [0.4, 0.5) is 5.69 Å². The minimum absolute atomic E-state index is 0.348. The van der Waals surface area contributed by atoms with Gasteiger partial charge >= 0.3 is 5.97 Å². The topological polar surface area (TPSA) is 49.3 Å². The number of carboxylic acid groups (broad SMARTS) is 1. The van der Waals surface area contributed by atoms with Crippen molar-refractivity contribution in [2.45, 2.75) is 13.8 Å². The average molecular weight is 253 g/mol. The number of hydrogen-bond acceptors (Lipinski definition) is 3. The molecule has 94 valence electrons. The molecule has 17 heavy (non-hydrogen) atoms. The maximum atomic E-state index is 11.1. The van der Waals surface area contributed by atoms with Gasteiger partial charge in [0.25, 0.3) is 0 Å². The molecule has 1 rings (SSSR count). The smallest absolute Gasteiger partial charge is 0.337 e. The summed E-state index contributed by atoms with van der Waals surface area (Å²) in [5.41, 5.74) is 2.07. The van der Waals surface area contributed by atoms with Gasteiger partial charge < -0.3 is 10.4 Å². The molecule has 0 aliphatic rings. The number of hydrogen-bond donors (Lipinski definition) is 2. The number of carboxylic acids is 1. The quantitative estimate of drug-likeness (QED) is 0.818. The molecule has 1 aromatic carbocycles. The molecule has 0 saturated carbocycles. The van der Waals surface area contributed by atoms with Crippen LogP contribution < -0.4 is 5.32 Å². The molecule has 0 saturated heterocycles. The van der Waals surface area contributed by atoms with E-state index in [9.17, 15) is 4.79 Å². The first-order valence-electron chi connectivity index (χ1n) is 5.62. The largest absolute Gasteiger partial charge is 0.478 e. The van der Waals surface area contributed by atoms with Crippen molar-refractivity contribution in [1.82, 2.24) is 0 Å². The highest BCUT2D eigenvalue weighted by Gasteiger charge is 2.12. The van der Waals surface area contributed by atoms with Crippen molar-refractivity contribution in [2.75, 3.05) is 23.9 Å². The number of aryl methyl sites for hydroxylation is 1. The highest BCUT2D eigenvalue weighted by molar-refractivity contribution is 7.98. The number of benzene rings is 1. The summed E-state index contributed by atoms with van der Waals surface area (Å²) in [6.45, 7) is 4.88. The van der Waals surface area contributed by atoms with Crippen LogP contribution in [0.3, 0.4) is 0 Å². The van der Waals surface area contributed by atoms with Gasteiger partial charge in [-0.25, -0.2) is 4.79 Å². The molecule has 4 heteroatoms. The summed E-state index contributed by atoms with van der Waals surface area (Å²) in [5.74, 6) is 0.710. The molecule has 0 amide bonds. The molecule has 0 aliphatic heterocycles. The maximum Gasteiger partial charge on any atom is 0.337 e. The molecule has 0 radical (unpaired) electrons. The highest BCUT2D eigenvalue weighted by atomic mass is 32.2. The van der Waals surface area contributed by atoms with Gasteiger partial charge in [-0.2, -0.15) is 11.8 Å². The Morgan fingerprint density at radius 3 is 2.82 bits per heavy atom. The van der Waals surface area contributed by atoms with Gasteiger partial charge in [0.05, 0.1) is 11.3 Å². The van der Waals surface area contributed by atoms with Crippen LogP contribution in [0.1, 0.15) is 22.8 Å². The normalized spacial score (nSPS) is 12.2. The predicted octanol–water partition coefficient (Wildman–Crippen LogP) is 3.10. The van der Waals surface area contributed by atoms with Crippen molar-refractivity contribution < 1.29 is 9.90 Å². The summed E-state index contributed by atoms with van der Waals surface area (Å²) in [5, 5.41) is 12.4. The Hall–Kier alpha value is -1.16. The zero-order valence-electron chi connectivity index (χ0n) is 10.5. The third kappa shape index (κ3) is 3.97. The van der Waals surface area contributed by atoms with Crippen LogP contribution in [0.2, 0.25) is 0 Å². The maximum absolute atomic E-state index is 11.1. The molecule has 1 aromatic rings. The molecule has 0 heterocycles. The Bertz CT molecular complexity index is 393. The number of anilines is 1. The van der Waals surface area contributed by atoms with E-state index in [0.717, 1.165) is 23.5 Å². The third-order valence-corrected chi connectivity index (χ3v) is 3.48. The number of aromatic carboxylic acids is 1. The Balaban J connectivity index is 2.79. The number of rotatable bonds is 6.